The van der Waals surface area contributed by atoms with Crippen LogP contribution in [0.5, 0.6) is 5.75 Å². The number of nitrogens with two attached hydrogens (primary N) is 1. The summed E-state index contributed by atoms with van der Waals surface area (Å²) in [5, 5.41) is 12.5. The van der Waals surface area contributed by atoms with E-state index in [4.69, 9.17) is 22.1 Å². The van der Waals surface area contributed by atoms with Gasteiger partial charge >= 0.3 is 0 Å². The van der Waals surface area contributed by atoms with E-state index in [9.17, 15) is 9.90 Å². The normalized spacial score (nSPS) is 19.1. The summed E-state index contributed by atoms with van der Waals surface area (Å²) in [5.41, 5.74) is 7.72. The third-order valence-electron chi connectivity index (χ3n) is 6.16. The fourth-order valence-corrected chi connectivity index (χ4v) is 4.79. The Morgan fingerprint density at radius 3 is 2.76 bits per heavy atom. The molecule has 1 saturated carbocycles. The number of aryl methyl sites for hydroxylation is 1. The summed E-state index contributed by atoms with van der Waals surface area (Å²) in [6, 6.07) is 1.24. The van der Waals surface area contributed by atoms with Crippen LogP contribution in [0, 0.1) is 12.7 Å². The molecule has 1 fully saturated rings. The first kappa shape index (κ1) is 24.2. The van der Waals surface area contributed by atoms with Crippen molar-refractivity contribution in [3.8, 4) is 5.75 Å². The first-order valence-corrected chi connectivity index (χ1v) is 11.7. The van der Waals surface area contributed by atoms with E-state index in [1.54, 1.807) is 26.2 Å². The van der Waals surface area contributed by atoms with Gasteiger partial charge in [0.05, 0.1) is 22.9 Å². The minimum absolute atomic E-state index is 0.122. The maximum atomic E-state index is 15.3. The fourth-order valence-electron chi connectivity index (χ4n) is 4.58. The van der Waals surface area contributed by atoms with Crippen molar-refractivity contribution in [1.82, 2.24) is 19.7 Å². The van der Waals surface area contributed by atoms with Crippen LogP contribution in [0.2, 0.25) is 5.02 Å². The molecule has 8 nitrogen and oxygen atoms in total. The van der Waals surface area contributed by atoms with Crippen LogP contribution in [0.25, 0.3) is 5.52 Å². The summed E-state index contributed by atoms with van der Waals surface area (Å²) in [6.07, 6.45) is 4.16. The van der Waals surface area contributed by atoms with E-state index >= 15 is 4.39 Å². The number of carbonyl (C=O) groups excluding carboxylic acids is 1. The van der Waals surface area contributed by atoms with E-state index in [0.717, 1.165) is 0 Å². The lowest BCUT2D eigenvalue weighted by molar-refractivity contribution is 0.0923. The Labute approximate surface area is 202 Å². The lowest BCUT2D eigenvalue weighted by Crippen LogP contribution is -2.34. The SMILES string of the molecule is Cc1nc([C@@H](C)c2cc(Cl)c(F)c(C(=O)NC3CC[C@@H](O)C3)c2OC(C)C)n2ccnc(N)c12. The van der Waals surface area contributed by atoms with E-state index in [1.165, 1.54) is 6.07 Å². The van der Waals surface area contributed by atoms with E-state index in [2.05, 4.69) is 15.3 Å². The van der Waals surface area contributed by atoms with Gasteiger partial charge in [-0.25, -0.2) is 14.4 Å². The molecule has 3 atom stereocenters. The molecule has 2 aromatic heterocycles. The average Bonchev–Trinajstić information content (AvgIpc) is 3.33. The topological polar surface area (TPSA) is 115 Å². The molecule has 3 aromatic rings. The molecule has 1 unspecified atom stereocenters. The molecule has 1 amide bonds. The van der Waals surface area contributed by atoms with Crippen LogP contribution >= 0.6 is 11.6 Å². The number of halogens is 2. The van der Waals surface area contributed by atoms with Gasteiger partial charge in [0.25, 0.3) is 5.91 Å². The second kappa shape index (κ2) is 9.38. The molecule has 4 rings (SSSR count). The Morgan fingerprint density at radius 2 is 2.12 bits per heavy atom. The van der Waals surface area contributed by atoms with Crippen molar-refractivity contribution in [2.45, 2.75) is 71.1 Å². The average molecular weight is 490 g/mol. The molecule has 10 heteroatoms. The first-order chi connectivity index (χ1) is 16.1. The highest BCUT2D eigenvalue weighted by atomic mass is 35.5. The van der Waals surface area contributed by atoms with Gasteiger partial charge < -0.3 is 20.9 Å². The summed E-state index contributed by atoms with van der Waals surface area (Å²) >= 11 is 6.28. The Morgan fingerprint density at radius 1 is 1.38 bits per heavy atom. The molecule has 1 aromatic carbocycles. The Hall–Kier alpha value is -2.91. The molecule has 1 aliphatic carbocycles. The molecular formula is C24H29ClFN5O3. The van der Waals surface area contributed by atoms with Gasteiger partial charge in [-0.1, -0.05) is 18.5 Å². The number of nitrogens with one attached hydrogen (secondary N) is 1. The summed E-state index contributed by atoms with van der Waals surface area (Å²) < 4.78 is 23.2. The summed E-state index contributed by atoms with van der Waals surface area (Å²) in [6.45, 7) is 7.33. The minimum Gasteiger partial charge on any atom is -0.490 e. The number of nitrogen functional groups attached to an aromatic ring is 1. The molecule has 2 heterocycles. The van der Waals surface area contributed by atoms with Crippen molar-refractivity contribution in [1.29, 1.82) is 0 Å². The number of nitrogens with zero attached hydrogens (tertiary/aromatic N) is 3. The molecule has 1 aliphatic rings. The minimum atomic E-state index is -0.845. The van der Waals surface area contributed by atoms with E-state index in [1.807, 2.05) is 18.2 Å². The second-order valence-electron chi connectivity index (χ2n) is 9.08. The van der Waals surface area contributed by atoms with Crippen LogP contribution in [0.3, 0.4) is 0 Å². The smallest absolute Gasteiger partial charge is 0.258 e. The zero-order chi connectivity index (χ0) is 24.7. The zero-order valence-corrected chi connectivity index (χ0v) is 20.4. The summed E-state index contributed by atoms with van der Waals surface area (Å²) in [5.74, 6) is -0.794. The molecule has 0 radical (unpaired) electrons. The number of ether oxygens (including phenoxy) is 1. The van der Waals surface area contributed by atoms with Crippen LogP contribution in [-0.2, 0) is 0 Å². The number of aliphatic hydroxyl groups excluding tert-OH is 1. The third kappa shape index (κ3) is 4.42. The number of imidazole rings is 1. The van der Waals surface area contributed by atoms with Gasteiger partial charge in [0.2, 0.25) is 0 Å². The van der Waals surface area contributed by atoms with Gasteiger partial charge in [0.1, 0.15) is 28.5 Å². The predicted molar refractivity (Wildman–Crippen MR) is 128 cm³/mol. The number of hydrogen-bond acceptors (Lipinski definition) is 6. The fraction of sp³-hybridized carbons (Fsp3) is 0.458. The number of amides is 1. The van der Waals surface area contributed by atoms with Gasteiger partial charge in [-0.3, -0.25) is 9.20 Å². The largest absolute Gasteiger partial charge is 0.490 e. The van der Waals surface area contributed by atoms with E-state index in [0.29, 0.717) is 47.7 Å². The zero-order valence-electron chi connectivity index (χ0n) is 19.6. The maximum absolute atomic E-state index is 15.3. The molecule has 4 N–H and O–H groups in total. The monoisotopic (exact) mass is 489 g/mol. The number of benzene rings is 1. The van der Waals surface area contributed by atoms with Crippen LogP contribution < -0.4 is 15.8 Å². The van der Waals surface area contributed by atoms with Crippen molar-refractivity contribution in [3.05, 3.63) is 51.9 Å². The second-order valence-corrected chi connectivity index (χ2v) is 9.48. The van der Waals surface area contributed by atoms with E-state index < -0.39 is 23.7 Å². The standard InChI is InChI=1S/C24H29ClFN5O3/c1-11(2)34-21-16(12(3)23-29-13(4)20-22(27)28-7-8-31(20)23)10-17(25)19(26)18(21)24(33)30-14-5-6-15(32)9-14/h7-8,10-12,14-15,32H,5-6,9H2,1-4H3,(H2,27,28)(H,30,33)/t12-,14?,15+/m0/s1. The number of anilines is 1. The van der Waals surface area contributed by atoms with Gasteiger partial charge in [-0.15, -0.1) is 0 Å². The molecule has 34 heavy (non-hydrogen) atoms. The Balaban J connectivity index is 1.84. The number of carbonyl (C=O) groups is 1. The maximum Gasteiger partial charge on any atom is 0.258 e. The number of aromatic nitrogens is 3. The van der Waals surface area contributed by atoms with Gasteiger partial charge in [0, 0.05) is 29.9 Å². The molecule has 0 spiro atoms. The quantitative estimate of drug-likeness (QED) is 0.482. The Bertz CT molecular complexity index is 1250. The molecule has 0 aliphatic heterocycles. The highest BCUT2D eigenvalue weighted by Crippen LogP contribution is 2.40. The number of hydrogen-bond donors (Lipinski definition) is 3. The number of rotatable bonds is 6. The van der Waals surface area contributed by atoms with Gasteiger partial charge in [-0.2, -0.15) is 0 Å². The van der Waals surface area contributed by atoms with Crippen molar-refractivity contribution >= 4 is 28.8 Å². The van der Waals surface area contributed by atoms with Crippen LogP contribution in [0.1, 0.15) is 73.4 Å². The molecule has 0 bridgehead atoms. The molecule has 182 valence electrons. The number of aliphatic hydroxyl groups is 1. The lowest BCUT2D eigenvalue weighted by Gasteiger charge is -2.23. The third-order valence-corrected chi connectivity index (χ3v) is 6.43. The Kier molecular flexibility index (Phi) is 6.69. The lowest BCUT2D eigenvalue weighted by atomic mass is 9.95. The highest BCUT2D eigenvalue weighted by molar-refractivity contribution is 6.31. The van der Waals surface area contributed by atoms with Crippen molar-refractivity contribution in [2.75, 3.05) is 5.73 Å². The highest BCUT2D eigenvalue weighted by Gasteiger charge is 2.32. The van der Waals surface area contributed by atoms with Crippen molar-refractivity contribution < 1.29 is 19.0 Å². The van der Waals surface area contributed by atoms with Crippen molar-refractivity contribution in [3.63, 3.8) is 0 Å². The first-order valence-electron chi connectivity index (χ1n) is 11.3. The van der Waals surface area contributed by atoms with Crippen LogP contribution in [0.15, 0.2) is 18.5 Å². The van der Waals surface area contributed by atoms with Gasteiger partial charge in [-0.05, 0) is 46.1 Å². The number of fused-ring (bicyclic) bond motifs is 1. The van der Waals surface area contributed by atoms with Crippen molar-refractivity contribution in [2.24, 2.45) is 0 Å². The molecule has 0 saturated heterocycles. The summed E-state index contributed by atoms with van der Waals surface area (Å²) in [7, 11) is 0. The molecular weight excluding hydrogens is 461 g/mol. The van der Waals surface area contributed by atoms with Crippen LogP contribution in [0.4, 0.5) is 10.2 Å². The predicted octanol–water partition coefficient (Wildman–Crippen LogP) is 3.99. The summed E-state index contributed by atoms with van der Waals surface area (Å²) in [4.78, 5) is 22.1. The van der Waals surface area contributed by atoms with Gasteiger partial charge in [0.15, 0.2) is 5.82 Å². The van der Waals surface area contributed by atoms with Crippen LogP contribution in [-0.4, -0.2) is 43.6 Å². The van der Waals surface area contributed by atoms with E-state index in [-0.39, 0.29) is 28.5 Å².